The van der Waals surface area contributed by atoms with E-state index in [0.29, 0.717) is 25.4 Å². The van der Waals surface area contributed by atoms with Gasteiger partial charge in [-0.3, -0.25) is 9.59 Å². The molecule has 4 rings (SSSR count). The van der Waals surface area contributed by atoms with Crippen molar-refractivity contribution in [2.45, 2.75) is 25.3 Å². The molecule has 0 aliphatic carbocycles. The summed E-state index contributed by atoms with van der Waals surface area (Å²) in [5.74, 6) is 0.352. The van der Waals surface area contributed by atoms with Crippen LogP contribution >= 0.6 is 0 Å². The number of benzene rings is 1. The molecule has 2 aliphatic rings. The second-order valence-corrected chi connectivity index (χ2v) is 6.80. The summed E-state index contributed by atoms with van der Waals surface area (Å²) in [5.41, 5.74) is 1.71. The molecular weight excluding hydrogens is 318 g/mol. The number of hydrogen-bond donors (Lipinski definition) is 1. The number of piperidine rings is 1. The lowest BCUT2D eigenvalue weighted by Crippen LogP contribution is -2.59. The van der Waals surface area contributed by atoms with Crippen LogP contribution in [-0.2, 0) is 4.79 Å². The van der Waals surface area contributed by atoms with E-state index in [1.165, 1.54) is 6.26 Å². The zero-order valence-electron chi connectivity index (χ0n) is 14.2. The van der Waals surface area contributed by atoms with Gasteiger partial charge in [0.25, 0.3) is 5.91 Å². The summed E-state index contributed by atoms with van der Waals surface area (Å²) in [5, 5.41) is 3.64. The Hall–Kier alpha value is -2.76. The third kappa shape index (κ3) is 2.77. The maximum atomic E-state index is 12.5. The Kier molecular flexibility index (Phi) is 3.75. The molecule has 0 bridgehead atoms. The fraction of sp³-hybridized carbons (Fsp3) is 0.368. The van der Waals surface area contributed by atoms with Crippen LogP contribution in [0.3, 0.4) is 0 Å². The predicted molar refractivity (Wildman–Crippen MR) is 94.7 cm³/mol. The number of amides is 2. The normalized spacial score (nSPS) is 18.6. The van der Waals surface area contributed by atoms with Crippen LogP contribution in [0.5, 0.6) is 0 Å². The number of furan rings is 1. The molecule has 2 aliphatic heterocycles. The largest absolute Gasteiger partial charge is 0.459 e. The molecule has 25 heavy (non-hydrogen) atoms. The van der Waals surface area contributed by atoms with Crippen LogP contribution in [0.1, 0.15) is 30.3 Å². The van der Waals surface area contributed by atoms with Crippen molar-refractivity contribution in [2.75, 3.05) is 29.9 Å². The van der Waals surface area contributed by atoms with E-state index in [1.54, 1.807) is 19.1 Å². The fourth-order valence-electron chi connectivity index (χ4n) is 3.79. The maximum absolute atomic E-state index is 12.5. The highest BCUT2D eigenvalue weighted by atomic mass is 16.3. The minimum Gasteiger partial charge on any atom is -0.459 e. The molecule has 1 N–H and O–H groups in total. The van der Waals surface area contributed by atoms with Crippen LogP contribution in [-0.4, -0.2) is 41.9 Å². The highest BCUT2D eigenvalue weighted by Gasteiger charge is 2.42. The Morgan fingerprint density at radius 3 is 2.56 bits per heavy atom. The minimum atomic E-state index is -0.194. The van der Waals surface area contributed by atoms with Crippen LogP contribution in [0.25, 0.3) is 0 Å². The van der Waals surface area contributed by atoms with E-state index in [9.17, 15) is 9.59 Å². The molecule has 1 aromatic carbocycles. The van der Waals surface area contributed by atoms with Gasteiger partial charge in [-0.15, -0.1) is 0 Å². The molecule has 130 valence electrons. The zero-order valence-corrected chi connectivity index (χ0v) is 14.2. The molecule has 3 heterocycles. The lowest BCUT2D eigenvalue weighted by molar-refractivity contribution is -0.116. The molecular formula is C19H21N3O3. The Morgan fingerprint density at radius 1 is 1.12 bits per heavy atom. The van der Waals surface area contributed by atoms with E-state index in [1.807, 2.05) is 34.1 Å². The van der Waals surface area contributed by atoms with E-state index < -0.39 is 0 Å². The van der Waals surface area contributed by atoms with Crippen LogP contribution in [0.2, 0.25) is 0 Å². The van der Waals surface area contributed by atoms with Crippen molar-refractivity contribution in [3.05, 3.63) is 48.4 Å². The number of nitrogens with zero attached hydrogens (tertiary/aromatic N) is 2. The fourth-order valence-corrected chi connectivity index (χ4v) is 3.79. The molecule has 1 spiro atoms. The maximum Gasteiger partial charge on any atom is 0.289 e. The first-order valence-corrected chi connectivity index (χ1v) is 8.56. The summed E-state index contributed by atoms with van der Waals surface area (Å²) in [4.78, 5) is 28.3. The first kappa shape index (κ1) is 15.7. The van der Waals surface area contributed by atoms with E-state index in [2.05, 4.69) is 5.32 Å². The van der Waals surface area contributed by atoms with Crippen molar-refractivity contribution in [3.63, 3.8) is 0 Å². The van der Waals surface area contributed by atoms with Gasteiger partial charge in [0.05, 0.1) is 23.2 Å². The number of likely N-dealkylation sites (tertiary alicyclic amines) is 1. The van der Waals surface area contributed by atoms with Gasteiger partial charge in [-0.25, -0.2) is 0 Å². The average Bonchev–Trinajstić information content (AvgIpc) is 3.16. The van der Waals surface area contributed by atoms with Crippen LogP contribution in [0.15, 0.2) is 47.1 Å². The third-order valence-corrected chi connectivity index (χ3v) is 5.18. The number of anilines is 2. The Balaban J connectivity index is 1.53. The molecule has 2 amide bonds. The number of hydrogen-bond acceptors (Lipinski definition) is 4. The highest BCUT2D eigenvalue weighted by Crippen LogP contribution is 2.39. The van der Waals surface area contributed by atoms with Crippen LogP contribution in [0, 0.1) is 0 Å². The van der Waals surface area contributed by atoms with Gasteiger partial charge < -0.3 is 19.5 Å². The minimum absolute atomic E-state index is 0.0439. The van der Waals surface area contributed by atoms with E-state index in [0.717, 1.165) is 24.2 Å². The number of rotatable bonds is 1. The second-order valence-electron chi connectivity index (χ2n) is 6.80. The summed E-state index contributed by atoms with van der Waals surface area (Å²) in [6.07, 6.45) is 3.10. The molecule has 0 saturated carbocycles. The molecule has 1 aromatic heterocycles. The Labute approximate surface area is 146 Å². The Bertz CT molecular complexity index is 792. The van der Waals surface area contributed by atoms with E-state index >= 15 is 0 Å². The smallest absolute Gasteiger partial charge is 0.289 e. The topological polar surface area (TPSA) is 65.8 Å². The molecule has 6 nitrogen and oxygen atoms in total. The molecule has 6 heteroatoms. The quantitative estimate of drug-likeness (QED) is 0.868. The van der Waals surface area contributed by atoms with Gasteiger partial charge in [0.2, 0.25) is 5.91 Å². The van der Waals surface area contributed by atoms with E-state index in [4.69, 9.17) is 4.42 Å². The molecule has 0 atom stereocenters. The molecule has 2 aromatic rings. The van der Waals surface area contributed by atoms with Crippen molar-refractivity contribution in [3.8, 4) is 0 Å². The summed E-state index contributed by atoms with van der Waals surface area (Å²) in [6, 6.07) is 11.3. The first-order valence-electron chi connectivity index (χ1n) is 8.56. The van der Waals surface area contributed by atoms with Crippen molar-refractivity contribution >= 4 is 23.2 Å². The van der Waals surface area contributed by atoms with Crippen LogP contribution in [0.4, 0.5) is 11.4 Å². The first-order chi connectivity index (χ1) is 12.1. The monoisotopic (exact) mass is 339 g/mol. The SMILES string of the molecule is CC(=O)N1CC2(CCN(C(=O)c3ccco3)CC2)Nc2ccccc21. The zero-order chi connectivity index (χ0) is 17.4. The lowest BCUT2D eigenvalue weighted by Gasteiger charge is -2.48. The third-order valence-electron chi connectivity index (χ3n) is 5.18. The molecule has 0 radical (unpaired) electrons. The van der Waals surface area contributed by atoms with Crippen molar-refractivity contribution in [2.24, 2.45) is 0 Å². The van der Waals surface area contributed by atoms with E-state index in [-0.39, 0.29) is 17.4 Å². The number of fused-ring (bicyclic) bond motifs is 1. The van der Waals surface area contributed by atoms with Gasteiger partial charge in [0.15, 0.2) is 5.76 Å². The molecule has 1 saturated heterocycles. The Morgan fingerprint density at radius 2 is 1.88 bits per heavy atom. The summed E-state index contributed by atoms with van der Waals surface area (Å²) >= 11 is 0. The molecule has 1 fully saturated rings. The van der Waals surface area contributed by atoms with Crippen LogP contribution < -0.4 is 10.2 Å². The lowest BCUT2D eigenvalue weighted by atomic mass is 9.84. The highest BCUT2D eigenvalue weighted by molar-refractivity contribution is 5.97. The van der Waals surface area contributed by atoms with Crippen molar-refractivity contribution < 1.29 is 14.0 Å². The summed E-state index contributed by atoms with van der Waals surface area (Å²) < 4.78 is 5.22. The standard InChI is InChI=1S/C19H21N3O3/c1-14(23)22-13-19(20-15-5-2-3-6-16(15)22)8-10-21(11-9-19)18(24)17-7-4-12-25-17/h2-7,12,20H,8-11,13H2,1H3. The van der Waals surface area contributed by atoms with Crippen molar-refractivity contribution in [1.82, 2.24) is 4.90 Å². The van der Waals surface area contributed by atoms with Gasteiger partial charge >= 0.3 is 0 Å². The van der Waals surface area contributed by atoms with Crippen molar-refractivity contribution in [1.29, 1.82) is 0 Å². The number of nitrogens with one attached hydrogen (secondary N) is 1. The predicted octanol–water partition coefficient (Wildman–Crippen LogP) is 2.73. The number of para-hydroxylation sites is 2. The van der Waals surface area contributed by atoms with Gasteiger partial charge in [-0.05, 0) is 37.1 Å². The van der Waals surface area contributed by atoms with Gasteiger partial charge in [0.1, 0.15) is 0 Å². The second kappa shape index (κ2) is 5.95. The molecule has 0 unspecified atom stereocenters. The number of carbonyl (C=O) groups excluding carboxylic acids is 2. The average molecular weight is 339 g/mol. The van der Waals surface area contributed by atoms with Gasteiger partial charge in [0, 0.05) is 26.6 Å². The van der Waals surface area contributed by atoms with Gasteiger partial charge in [-0.1, -0.05) is 12.1 Å². The summed E-state index contributed by atoms with van der Waals surface area (Å²) in [7, 11) is 0. The van der Waals surface area contributed by atoms with Gasteiger partial charge in [-0.2, -0.15) is 0 Å². The summed E-state index contributed by atoms with van der Waals surface area (Å²) in [6.45, 7) is 3.51. The number of carbonyl (C=O) groups is 2.